The molecule has 0 saturated carbocycles. The number of nitrogens with zero attached hydrogens (tertiary/aromatic N) is 2. The van der Waals surface area contributed by atoms with Crippen LogP contribution in [0, 0.1) is 0 Å². The number of carbonyl (C=O) groups is 2. The lowest BCUT2D eigenvalue weighted by molar-refractivity contribution is -0.123. The van der Waals surface area contributed by atoms with Crippen molar-refractivity contribution in [1.82, 2.24) is 4.90 Å². The zero-order chi connectivity index (χ0) is 16.8. The van der Waals surface area contributed by atoms with Crippen LogP contribution in [0.25, 0.3) is 0 Å². The van der Waals surface area contributed by atoms with Crippen LogP contribution in [0.3, 0.4) is 0 Å². The first kappa shape index (κ1) is 17.4. The van der Waals surface area contributed by atoms with E-state index >= 15 is 0 Å². The van der Waals surface area contributed by atoms with Crippen molar-refractivity contribution in [2.24, 2.45) is 5.73 Å². The largest absolute Gasteiger partial charge is 0.373 e. The van der Waals surface area contributed by atoms with Crippen molar-refractivity contribution in [2.75, 3.05) is 31.1 Å². The maximum atomic E-state index is 12.7. The number of amides is 2. The molecule has 126 valence electrons. The minimum Gasteiger partial charge on any atom is -0.373 e. The highest BCUT2D eigenvalue weighted by molar-refractivity contribution is 5.95. The molecular weight excluding hydrogens is 294 g/mol. The summed E-state index contributed by atoms with van der Waals surface area (Å²) in [7, 11) is 0. The predicted octanol–water partition coefficient (Wildman–Crippen LogP) is 1.00. The number of para-hydroxylation sites is 1. The first-order valence-corrected chi connectivity index (χ1v) is 7.97. The van der Waals surface area contributed by atoms with Gasteiger partial charge < -0.3 is 15.4 Å². The van der Waals surface area contributed by atoms with Crippen molar-refractivity contribution >= 4 is 17.5 Å². The molecule has 1 aliphatic rings. The van der Waals surface area contributed by atoms with Gasteiger partial charge in [0.1, 0.15) is 0 Å². The van der Waals surface area contributed by atoms with E-state index in [0.29, 0.717) is 13.1 Å². The number of hydrogen-bond acceptors (Lipinski definition) is 4. The maximum Gasteiger partial charge on any atom is 0.241 e. The molecule has 2 atom stereocenters. The summed E-state index contributed by atoms with van der Waals surface area (Å²) >= 11 is 0. The zero-order valence-corrected chi connectivity index (χ0v) is 13.8. The van der Waals surface area contributed by atoms with Crippen LogP contribution in [0.2, 0.25) is 0 Å². The Morgan fingerprint density at radius 1 is 1.22 bits per heavy atom. The van der Waals surface area contributed by atoms with Crippen LogP contribution in [0.15, 0.2) is 30.3 Å². The quantitative estimate of drug-likeness (QED) is 0.849. The van der Waals surface area contributed by atoms with Crippen LogP contribution in [0.4, 0.5) is 5.69 Å². The summed E-state index contributed by atoms with van der Waals surface area (Å²) in [4.78, 5) is 27.6. The van der Waals surface area contributed by atoms with Gasteiger partial charge in [0, 0.05) is 31.7 Å². The van der Waals surface area contributed by atoms with Gasteiger partial charge >= 0.3 is 0 Å². The Morgan fingerprint density at radius 3 is 2.39 bits per heavy atom. The summed E-state index contributed by atoms with van der Waals surface area (Å²) in [5, 5.41) is 0. The Hall–Kier alpha value is -1.92. The van der Waals surface area contributed by atoms with Crippen molar-refractivity contribution in [3.63, 3.8) is 0 Å². The summed E-state index contributed by atoms with van der Waals surface area (Å²) in [6.45, 7) is 6.09. The molecule has 1 aromatic carbocycles. The fourth-order valence-corrected chi connectivity index (χ4v) is 2.92. The van der Waals surface area contributed by atoms with E-state index in [4.69, 9.17) is 10.5 Å². The van der Waals surface area contributed by atoms with E-state index < -0.39 is 5.91 Å². The third kappa shape index (κ3) is 5.33. The Bertz CT molecular complexity index is 525. The van der Waals surface area contributed by atoms with Crippen molar-refractivity contribution in [3.05, 3.63) is 30.3 Å². The Kier molecular flexibility index (Phi) is 6.12. The summed E-state index contributed by atoms with van der Waals surface area (Å²) in [6, 6.07) is 9.37. The van der Waals surface area contributed by atoms with Gasteiger partial charge in [0.15, 0.2) is 0 Å². The highest BCUT2D eigenvalue weighted by Gasteiger charge is 2.26. The number of anilines is 1. The van der Waals surface area contributed by atoms with Crippen molar-refractivity contribution < 1.29 is 14.3 Å². The zero-order valence-electron chi connectivity index (χ0n) is 13.8. The minimum absolute atomic E-state index is 0.0289. The monoisotopic (exact) mass is 319 g/mol. The topological polar surface area (TPSA) is 75.9 Å². The molecule has 1 fully saturated rings. The van der Waals surface area contributed by atoms with E-state index in [1.807, 2.05) is 44.2 Å². The van der Waals surface area contributed by atoms with E-state index in [-0.39, 0.29) is 24.5 Å². The lowest BCUT2D eigenvalue weighted by Crippen LogP contribution is -2.50. The van der Waals surface area contributed by atoms with Gasteiger partial charge in [-0.15, -0.1) is 0 Å². The SMILES string of the molecule is C[C@@H]1CN(CC(=O)N(CCC(N)=O)c2ccccc2)C[C@H](C)O1. The first-order chi connectivity index (χ1) is 11.0. The highest BCUT2D eigenvalue weighted by Crippen LogP contribution is 2.16. The highest BCUT2D eigenvalue weighted by atomic mass is 16.5. The lowest BCUT2D eigenvalue weighted by Gasteiger charge is -2.36. The molecule has 0 spiro atoms. The van der Waals surface area contributed by atoms with Gasteiger partial charge in [-0.05, 0) is 26.0 Å². The smallest absolute Gasteiger partial charge is 0.241 e. The summed E-state index contributed by atoms with van der Waals surface area (Å²) in [6.07, 6.45) is 0.376. The van der Waals surface area contributed by atoms with Gasteiger partial charge in [-0.2, -0.15) is 0 Å². The van der Waals surface area contributed by atoms with Crippen LogP contribution < -0.4 is 10.6 Å². The minimum atomic E-state index is -0.410. The molecule has 1 aliphatic heterocycles. The second-order valence-electron chi connectivity index (χ2n) is 6.05. The van der Waals surface area contributed by atoms with E-state index in [0.717, 1.165) is 18.8 Å². The fraction of sp³-hybridized carbons (Fsp3) is 0.529. The van der Waals surface area contributed by atoms with E-state index in [2.05, 4.69) is 4.90 Å². The van der Waals surface area contributed by atoms with Crippen LogP contribution in [-0.2, 0) is 14.3 Å². The van der Waals surface area contributed by atoms with E-state index in [1.54, 1.807) is 4.90 Å². The molecule has 0 bridgehead atoms. The Balaban J connectivity index is 2.05. The average Bonchev–Trinajstić information content (AvgIpc) is 2.47. The summed E-state index contributed by atoms with van der Waals surface area (Å²) < 4.78 is 5.69. The standard InChI is InChI=1S/C17H25N3O3/c1-13-10-19(11-14(2)23-13)12-17(22)20(9-8-16(18)21)15-6-4-3-5-7-15/h3-7,13-14H,8-12H2,1-2H3,(H2,18,21)/t13-,14+. The van der Waals surface area contributed by atoms with Crippen LogP contribution >= 0.6 is 0 Å². The van der Waals surface area contributed by atoms with E-state index in [1.165, 1.54) is 0 Å². The number of carbonyl (C=O) groups excluding carboxylic acids is 2. The molecule has 2 amide bonds. The van der Waals surface area contributed by atoms with Gasteiger partial charge in [-0.25, -0.2) is 0 Å². The number of hydrogen-bond donors (Lipinski definition) is 1. The van der Waals surface area contributed by atoms with Gasteiger partial charge in [0.2, 0.25) is 11.8 Å². The number of rotatable bonds is 6. The molecule has 2 N–H and O–H groups in total. The number of morpholine rings is 1. The predicted molar refractivity (Wildman–Crippen MR) is 89.1 cm³/mol. The maximum absolute atomic E-state index is 12.7. The molecule has 0 radical (unpaired) electrons. The molecule has 23 heavy (non-hydrogen) atoms. The molecule has 0 unspecified atom stereocenters. The number of ether oxygens (including phenoxy) is 1. The normalized spacial score (nSPS) is 21.8. The lowest BCUT2D eigenvalue weighted by atomic mass is 10.2. The van der Waals surface area contributed by atoms with E-state index in [9.17, 15) is 9.59 Å². The third-order valence-corrected chi connectivity index (χ3v) is 3.80. The molecule has 6 nitrogen and oxygen atoms in total. The molecule has 1 heterocycles. The molecule has 0 aliphatic carbocycles. The second-order valence-corrected chi connectivity index (χ2v) is 6.05. The van der Waals surface area contributed by atoms with Gasteiger partial charge in [-0.1, -0.05) is 18.2 Å². The number of nitrogens with two attached hydrogens (primary N) is 1. The van der Waals surface area contributed by atoms with Gasteiger partial charge in [-0.3, -0.25) is 14.5 Å². The molecule has 0 aromatic heterocycles. The molecule has 1 aromatic rings. The summed E-state index contributed by atoms with van der Waals surface area (Å²) in [5.74, 6) is -0.439. The van der Waals surface area contributed by atoms with Gasteiger partial charge in [0.05, 0.1) is 18.8 Å². The number of primary amides is 1. The molecular formula is C17H25N3O3. The molecule has 1 saturated heterocycles. The average molecular weight is 319 g/mol. The van der Waals surface area contributed by atoms with Crippen molar-refractivity contribution in [3.8, 4) is 0 Å². The van der Waals surface area contributed by atoms with Crippen LogP contribution in [0.1, 0.15) is 20.3 Å². The fourth-order valence-electron chi connectivity index (χ4n) is 2.92. The first-order valence-electron chi connectivity index (χ1n) is 7.97. The summed E-state index contributed by atoms with van der Waals surface area (Å²) in [5.41, 5.74) is 6.02. The van der Waals surface area contributed by atoms with Crippen LogP contribution in [-0.4, -0.2) is 55.1 Å². The second kappa shape index (κ2) is 8.08. The molecule has 2 rings (SSSR count). The van der Waals surface area contributed by atoms with Crippen molar-refractivity contribution in [2.45, 2.75) is 32.5 Å². The van der Waals surface area contributed by atoms with Crippen molar-refractivity contribution in [1.29, 1.82) is 0 Å². The molecule has 6 heteroatoms. The number of benzene rings is 1. The van der Waals surface area contributed by atoms with Gasteiger partial charge in [0.25, 0.3) is 0 Å². The third-order valence-electron chi connectivity index (χ3n) is 3.80. The van der Waals surface area contributed by atoms with Crippen LogP contribution in [0.5, 0.6) is 0 Å². The Morgan fingerprint density at radius 2 is 1.83 bits per heavy atom. The Labute approximate surface area is 137 Å².